The Labute approximate surface area is 105 Å². The van der Waals surface area contributed by atoms with Gasteiger partial charge in [0.05, 0.1) is 18.7 Å². The fourth-order valence-corrected chi connectivity index (χ4v) is 2.31. The molecule has 4 nitrogen and oxygen atoms in total. The van der Waals surface area contributed by atoms with E-state index in [9.17, 15) is 9.18 Å². The van der Waals surface area contributed by atoms with Gasteiger partial charge in [0.15, 0.2) is 0 Å². The van der Waals surface area contributed by atoms with Gasteiger partial charge in [-0.3, -0.25) is 4.79 Å². The van der Waals surface area contributed by atoms with Crippen LogP contribution in [0.15, 0.2) is 18.2 Å². The number of piperidine rings is 1. The zero-order valence-electron chi connectivity index (χ0n) is 10.2. The molecule has 1 aliphatic heterocycles. The predicted octanol–water partition coefficient (Wildman–Crippen LogP) is 2.14. The molecule has 1 saturated heterocycles. The number of carboxylic acids is 1. The second-order valence-electron chi connectivity index (χ2n) is 4.44. The number of aliphatic carboxylic acids is 1. The third-order valence-corrected chi connectivity index (χ3v) is 3.25. The van der Waals surface area contributed by atoms with E-state index in [1.807, 2.05) is 4.90 Å². The van der Waals surface area contributed by atoms with Gasteiger partial charge < -0.3 is 14.7 Å². The van der Waals surface area contributed by atoms with Gasteiger partial charge in [0.2, 0.25) is 0 Å². The van der Waals surface area contributed by atoms with E-state index in [2.05, 4.69) is 0 Å². The molecule has 0 radical (unpaired) electrons. The van der Waals surface area contributed by atoms with Crippen molar-refractivity contribution >= 4 is 11.7 Å². The normalized spacial score (nSPS) is 19.7. The van der Waals surface area contributed by atoms with Crippen LogP contribution in [0.1, 0.15) is 12.8 Å². The molecule has 1 atom stereocenters. The van der Waals surface area contributed by atoms with Gasteiger partial charge >= 0.3 is 5.97 Å². The van der Waals surface area contributed by atoms with E-state index in [1.54, 1.807) is 6.07 Å². The number of carbonyl (C=O) groups is 1. The molecule has 1 heterocycles. The minimum atomic E-state index is -0.796. The number of nitrogens with zero attached hydrogens (tertiary/aromatic N) is 1. The number of ether oxygens (including phenoxy) is 1. The molecule has 1 aromatic rings. The Kier molecular flexibility index (Phi) is 3.69. The van der Waals surface area contributed by atoms with Crippen LogP contribution in [0.4, 0.5) is 10.1 Å². The second-order valence-corrected chi connectivity index (χ2v) is 4.44. The Morgan fingerprint density at radius 3 is 3.00 bits per heavy atom. The molecule has 98 valence electrons. The number of methoxy groups -OCH3 is 1. The summed E-state index contributed by atoms with van der Waals surface area (Å²) in [5.41, 5.74) is 0.628. The molecule has 0 saturated carbocycles. The largest absolute Gasteiger partial charge is 0.495 e. The summed E-state index contributed by atoms with van der Waals surface area (Å²) < 4.78 is 18.5. The maximum atomic E-state index is 13.3. The Morgan fingerprint density at radius 2 is 2.33 bits per heavy atom. The summed E-state index contributed by atoms with van der Waals surface area (Å²) in [4.78, 5) is 12.9. The predicted molar refractivity (Wildman–Crippen MR) is 65.5 cm³/mol. The van der Waals surface area contributed by atoms with Crippen molar-refractivity contribution in [1.82, 2.24) is 0 Å². The van der Waals surface area contributed by atoms with E-state index >= 15 is 0 Å². The van der Waals surface area contributed by atoms with E-state index in [1.165, 1.54) is 19.2 Å². The van der Waals surface area contributed by atoms with Crippen molar-refractivity contribution in [2.24, 2.45) is 5.92 Å². The van der Waals surface area contributed by atoms with Crippen LogP contribution in [-0.2, 0) is 4.79 Å². The third-order valence-electron chi connectivity index (χ3n) is 3.25. The molecule has 0 bridgehead atoms. The molecule has 1 N–H and O–H groups in total. The average molecular weight is 253 g/mol. The van der Waals surface area contributed by atoms with Crippen molar-refractivity contribution in [1.29, 1.82) is 0 Å². The lowest BCUT2D eigenvalue weighted by Crippen LogP contribution is -2.38. The molecule has 5 heteroatoms. The van der Waals surface area contributed by atoms with Crippen LogP contribution in [0.5, 0.6) is 5.75 Å². The van der Waals surface area contributed by atoms with Crippen molar-refractivity contribution in [3.05, 3.63) is 24.0 Å². The SMILES string of the molecule is COc1ccc(F)cc1N1CCCC(C(=O)O)C1. The van der Waals surface area contributed by atoms with Gasteiger partial charge in [-0.1, -0.05) is 0 Å². The summed E-state index contributed by atoms with van der Waals surface area (Å²) in [7, 11) is 1.52. The van der Waals surface area contributed by atoms with E-state index in [4.69, 9.17) is 9.84 Å². The fourth-order valence-electron chi connectivity index (χ4n) is 2.31. The molecule has 2 rings (SSSR count). The number of benzene rings is 1. The summed E-state index contributed by atoms with van der Waals surface area (Å²) in [6, 6.07) is 4.29. The highest BCUT2D eigenvalue weighted by Crippen LogP contribution is 2.32. The lowest BCUT2D eigenvalue weighted by molar-refractivity contribution is -0.141. The van der Waals surface area contributed by atoms with Crippen LogP contribution >= 0.6 is 0 Å². The van der Waals surface area contributed by atoms with Crippen LogP contribution in [0.25, 0.3) is 0 Å². The molecule has 18 heavy (non-hydrogen) atoms. The first-order chi connectivity index (χ1) is 8.61. The molecule has 0 spiro atoms. The van der Waals surface area contributed by atoms with E-state index < -0.39 is 11.9 Å². The van der Waals surface area contributed by atoms with Crippen LogP contribution in [-0.4, -0.2) is 31.3 Å². The number of hydrogen-bond donors (Lipinski definition) is 1. The Balaban J connectivity index is 2.25. The van der Waals surface area contributed by atoms with Crippen molar-refractivity contribution in [3.63, 3.8) is 0 Å². The summed E-state index contributed by atoms with van der Waals surface area (Å²) in [5, 5.41) is 9.05. The first-order valence-electron chi connectivity index (χ1n) is 5.93. The highest BCUT2D eigenvalue weighted by Gasteiger charge is 2.27. The molecule has 1 fully saturated rings. The molecular formula is C13H16FNO3. The van der Waals surface area contributed by atoms with Gasteiger partial charge in [-0.15, -0.1) is 0 Å². The quantitative estimate of drug-likeness (QED) is 0.896. The lowest BCUT2D eigenvalue weighted by atomic mass is 9.97. The molecule has 0 aromatic heterocycles. The molecular weight excluding hydrogens is 237 g/mol. The number of halogens is 1. The number of anilines is 1. The van der Waals surface area contributed by atoms with Crippen LogP contribution in [0, 0.1) is 11.7 Å². The van der Waals surface area contributed by atoms with Crippen LogP contribution < -0.4 is 9.64 Å². The summed E-state index contributed by atoms with van der Waals surface area (Å²) in [5.74, 6) is -0.965. The van der Waals surface area contributed by atoms with Crippen LogP contribution in [0.2, 0.25) is 0 Å². The van der Waals surface area contributed by atoms with Crippen molar-refractivity contribution in [3.8, 4) is 5.75 Å². The van der Waals surface area contributed by atoms with E-state index in [-0.39, 0.29) is 5.82 Å². The number of carboxylic acid groups (broad SMARTS) is 1. The Bertz CT molecular complexity index is 450. The summed E-state index contributed by atoms with van der Waals surface area (Å²) in [6.07, 6.45) is 1.46. The first kappa shape index (κ1) is 12.7. The molecule has 0 amide bonds. The molecule has 1 aromatic carbocycles. The van der Waals surface area contributed by atoms with Gasteiger partial charge in [-0.25, -0.2) is 4.39 Å². The highest BCUT2D eigenvalue weighted by molar-refractivity contribution is 5.72. The number of hydrogen-bond acceptors (Lipinski definition) is 3. The zero-order valence-corrected chi connectivity index (χ0v) is 10.2. The standard InChI is InChI=1S/C13H16FNO3/c1-18-12-5-4-10(14)7-11(12)15-6-2-3-9(8-15)13(16)17/h4-5,7,9H,2-3,6,8H2,1H3,(H,16,17). The number of rotatable bonds is 3. The van der Waals surface area contributed by atoms with Crippen molar-refractivity contribution < 1.29 is 19.0 Å². The average Bonchev–Trinajstić information content (AvgIpc) is 2.39. The Morgan fingerprint density at radius 1 is 1.56 bits per heavy atom. The monoisotopic (exact) mass is 253 g/mol. The highest BCUT2D eigenvalue weighted by atomic mass is 19.1. The van der Waals surface area contributed by atoms with Gasteiger partial charge in [0.1, 0.15) is 11.6 Å². The molecule has 0 aliphatic carbocycles. The van der Waals surface area contributed by atoms with Gasteiger partial charge in [-0.05, 0) is 25.0 Å². The topological polar surface area (TPSA) is 49.8 Å². The molecule has 1 aliphatic rings. The van der Waals surface area contributed by atoms with E-state index in [0.29, 0.717) is 24.4 Å². The second kappa shape index (κ2) is 5.25. The van der Waals surface area contributed by atoms with E-state index in [0.717, 1.165) is 13.0 Å². The summed E-state index contributed by atoms with van der Waals surface area (Å²) in [6.45, 7) is 1.12. The fraction of sp³-hybridized carbons (Fsp3) is 0.462. The minimum absolute atomic E-state index is 0.344. The van der Waals surface area contributed by atoms with Gasteiger partial charge in [0, 0.05) is 19.2 Å². The van der Waals surface area contributed by atoms with Crippen molar-refractivity contribution in [2.45, 2.75) is 12.8 Å². The van der Waals surface area contributed by atoms with Crippen LogP contribution in [0.3, 0.4) is 0 Å². The summed E-state index contributed by atoms with van der Waals surface area (Å²) >= 11 is 0. The lowest BCUT2D eigenvalue weighted by Gasteiger charge is -2.33. The van der Waals surface area contributed by atoms with Crippen molar-refractivity contribution in [2.75, 3.05) is 25.1 Å². The zero-order chi connectivity index (χ0) is 13.1. The maximum absolute atomic E-state index is 13.3. The third kappa shape index (κ3) is 2.55. The maximum Gasteiger partial charge on any atom is 0.308 e. The molecule has 1 unspecified atom stereocenters. The first-order valence-corrected chi connectivity index (χ1v) is 5.93. The minimum Gasteiger partial charge on any atom is -0.495 e. The Hall–Kier alpha value is -1.78. The smallest absolute Gasteiger partial charge is 0.308 e. The van der Waals surface area contributed by atoms with Gasteiger partial charge in [0.25, 0.3) is 0 Å². The van der Waals surface area contributed by atoms with Gasteiger partial charge in [-0.2, -0.15) is 0 Å².